The number of carboxylic acid groups (broad SMARTS) is 1. The molecular weight excluding hydrogens is 294 g/mol. The van der Waals surface area contributed by atoms with Crippen LogP contribution < -0.4 is 0 Å². The van der Waals surface area contributed by atoms with Gasteiger partial charge >= 0.3 is 5.97 Å². The number of benzene rings is 2. The van der Waals surface area contributed by atoms with Crippen molar-refractivity contribution in [1.82, 2.24) is 4.98 Å². The summed E-state index contributed by atoms with van der Waals surface area (Å²) in [4.78, 5) is 16.5. The summed E-state index contributed by atoms with van der Waals surface area (Å²) < 4.78 is 0. The maximum Gasteiger partial charge on any atom is 0.348 e. The monoisotopic (exact) mass is 311 g/mol. The van der Waals surface area contributed by atoms with Crippen LogP contribution in [0.5, 0.6) is 0 Å². The lowest BCUT2D eigenvalue weighted by molar-refractivity contribution is 0.0702. The predicted molar refractivity (Wildman–Crippen MR) is 90.7 cm³/mol. The van der Waals surface area contributed by atoms with Crippen molar-refractivity contribution in [3.05, 3.63) is 52.3 Å². The van der Waals surface area contributed by atoms with E-state index in [-0.39, 0.29) is 5.41 Å². The lowest BCUT2D eigenvalue weighted by atomic mass is 9.98. The van der Waals surface area contributed by atoms with Gasteiger partial charge in [0.2, 0.25) is 0 Å². The maximum atomic E-state index is 11.6. The third-order valence-electron chi connectivity index (χ3n) is 3.49. The van der Waals surface area contributed by atoms with E-state index in [1.54, 1.807) is 0 Å². The first-order valence-electron chi connectivity index (χ1n) is 7.10. The molecule has 0 atom stereocenters. The molecule has 0 spiro atoms. The smallest absolute Gasteiger partial charge is 0.348 e. The zero-order valence-electron chi connectivity index (χ0n) is 12.8. The van der Waals surface area contributed by atoms with Crippen LogP contribution in [0, 0.1) is 0 Å². The molecule has 2 aromatic carbocycles. The Labute approximate surface area is 133 Å². The van der Waals surface area contributed by atoms with E-state index in [0.717, 1.165) is 21.3 Å². The van der Waals surface area contributed by atoms with Crippen molar-refractivity contribution in [2.75, 3.05) is 0 Å². The van der Waals surface area contributed by atoms with Crippen molar-refractivity contribution in [2.24, 2.45) is 0 Å². The summed E-state index contributed by atoms with van der Waals surface area (Å²) in [6, 6.07) is 14.0. The van der Waals surface area contributed by atoms with Crippen molar-refractivity contribution in [3.8, 4) is 11.3 Å². The fourth-order valence-corrected chi connectivity index (χ4v) is 3.30. The van der Waals surface area contributed by atoms with Crippen LogP contribution in [0.3, 0.4) is 0 Å². The van der Waals surface area contributed by atoms with E-state index in [4.69, 9.17) is 0 Å². The number of carboxylic acids is 1. The number of carbonyl (C=O) groups is 1. The molecule has 1 N–H and O–H groups in total. The van der Waals surface area contributed by atoms with Crippen molar-refractivity contribution in [2.45, 2.75) is 26.2 Å². The number of rotatable bonds is 2. The van der Waals surface area contributed by atoms with Gasteiger partial charge in [-0.1, -0.05) is 57.2 Å². The summed E-state index contributed by atoms with van der Waals surface area (Å²) in [5.74, 6) is -0.920. The quantitative estimate of drug-likeness (QED) is 0.727. The predicted octanol–water partition coefficient (Wildman–Crippen LogP) is 4.96. The van der Waals surface area contributed by atoms with Gasteiger partial charge in [-0.3, -0.25) is 0 Å². The van der Waals surface area contributed by atoms with Crippen LogP contribution in [0.1, 0.15) is 35.5 Å². The molecule has 0 saturated carbocycles. The first-order chi connectivity index (χ1) is 10.4. The molecule has 3 rings (SSSR count). The number of thiazole rings is 1. The Balaban J connectivity index is 2.20. The molecule has 3 aromatic rings. The molecule has 0 unspecified atom stereocenters. The molecule has 0 saturated heterocycles. The standard InChI is InChI=1S/C18H17NO2S/c1-18(2,3)17-19-14(15(22-17)16(20)21)13-9-8-11-6-4-5-7-12(11)10-13/h4-10H,1-3H3,(H,20,21). The summed E-state index contributed by atoms with van der Waals surface area (Å²) in [5, 5.41) is 12.5. The second-order valence-electron chi connectivity index (χ2n) is 6.31. The van der Waals surface area contributed by atoms with Crippen LogP contribution in [-0.4, -0.2) is 16.1 Å². The van der Waals surface area contributed by atoms with E-state index in [1.807, 2.05) is 63.2 Å². The first-order valence-corrected chi connectivity index (χ1v) is 7.92. The van der Waals surface area contributed by atoms with Crippen LogP contribution in [0.2, 0.25) is 0 Å². The van der Waals surface area contributed by atoms with Gasteiger partial charge in [-0.15, -0.1) is 11.3 Å². The van der Waals surface area contributed by atoms with Gasteiger partial charge in [0.15, 0.2) is 0 Å². The van der Waals surface area contributed by atoms with Gasteiger partial charge in [-0.2, -0.15) is 0 Å². The van der Waals surface area contributed by atoms with Crippen LogP contribution in [-0.2, 0) is 5.41 Å². The van der Waals surface area contributed by atoms with E-state index in [0.29, 0.717) is 10.6 Å². The molecule has 1 aromatic heterocycles. The van der Waals surface area contributed by atoms with Gasteiger partial charge in [0.1, 0.15) is 4.88 Å². The van der Waals surface area contributed by atoms with E-state index in [9.17, 15) is 9.90 Å². The van der Waals surface area contributed by atoms with Crippen molar-refractivity contribution >= 4 is 28.1 Å². The Morgan fingerprint density at radius 2 is 1.77 bits per heavy atom. The number of aromatic carboxylic acids is 1. The van der Waals surface area contributed by atoms with Gasteiger partial charge < -0.3 is 5.11 Å². The summed E-state index contributed by atoms with van der Waals surface area (Å²) >= 11 is 1.26. The van der Waals surface area contributed by atoms with Crippen molar-refractivity contribution < 1.29 is 9.90 Å². The molecule has 3 nitrogen and oxygen atoms in total. The molecule has 0 aliphatic rings. The van der Waals surface area contributed by atoms with E-state index in [1.165, 1.54) is 11.3 Å². The minimum Gasteiger partial charge on any atom is -0.477 e. The van der Waals surface area contributed by atoms with E-state index in [2.05, 4.69) is 4.98 Å². The Morgan fingerprint density at radius 1 is 1.09 bits per heavy atom. The average Bonchev–Trinajstić information content (AvgIpc) is 2.92. The normalized spacial score (nSPS) is 11.8. The molecule has 0 aliphatic heterocycles. The highest BCUT2D eigenvalue weighted by atomic mass is 32.1. The Bertz CT molecular complexity index is 859. The molecule has 0 fully saturated rings. The highest BCUT2D eigenvalue weighted by Crippen LogP contribution is 2.35. The van der Waals surface area contributed by atoms with E-state index < -0.39 is 5.97 Å². The summed E-state index contributed by atoms with van der Waals surface area (Å²) in [5.41, 5.74) is 1.25. The minimum atomic E-state index is -0.920. The largest absolute Gasteiger partial charge is 0.477 e. The first kappa shape index (κ1) is 14.7. The third kappa shape index (κ3) is 2.62. The van der Waals surface area contributed by atoms with Gasteiger partial charge in [-0.05, 0) is 16.8 Å². The lowest BCUT2D eigenvalue weighted by Gasteiger charge is -2.13. The lowest BCUT2D eigenvalue weighted by Crippen LogP contribution is -2.10. The average molecular weight is 311 g/mol. The topological polar surface area (TPSA) is 50.2 Å². The molecule has 0 bridgehead atoms. The molecule has 4 heteroatoms. The van der Waals surface area contributed by atoms with Crippen LogP contribution in [0.15, 0.2) is 42.5 Å². The van der Waals surface area contributed by atoms with Crippen LogP contribution in [0.25, 0.3) is 22.0 Å². The number of hydrogen-bond acceptors (Lipinski definition) is 3. The van der Waals surface area contributed by atoms with Gasteiger partial charge in [0.05, 0.1) is 10.7 Å². The fourth-order valence-electron chi connectivity index (χ4n) is 2.32. The molecule has 22 heavy (non-hydrogen) atoms. The number of hydrogen-bond donors (Lipinski definition) is 1. The number of fused-ring (bicyclic) bond motifs is 1. The Hall–Kier alpha value is -2.20. The second-order valence-corrected chi connectivity index (χ2v) is 7.31. The molecule has 1 heterocycles. The second kappa shape index (κ2) is 5.21. The zero-order valence-corrected chi connectivity index (χ0v) is 13.6. The molecule has 112 valence electrons. The number of nitrogens with zero attached hydrogens (tertiary/aromatic N) is 1. The van der Waals surface area contributed by atoms with Crippen LogP contribution >= 0.6 is 11.3 Å². The van der Waals surface area contributed by atoms with Gasteiger partial charge in [0, 0.05) is 11.0 Å². The minimum absolute atomic E-state index is 0.163. The Kier molecular flexibility index (Phi) is 3.49. The highest BCUT2D eigenvalue weighted by Gasteiger charge is 2.25. The van der Waals surface area contributed by atoms with Gasteiger partial charge in [-0.25, -0.2) is 9.78 Å². The van der Waals surface area contributed by atoms with Gasteiger partial charge in [0.25, 0.3) is 0 Å². The SMILES string of the molecule is CC(C)(C)c1nc(-c2ccc3ccccc3c2)c(C(=O)O)s1. The summed E-state index contributed by atoms with van der Waals surface area (Å²) in [6.45, 7) is 6.13. The third-order valence-corrected chi connectivity index (χ3v) is 4.96. The van der Waals surface area contributed by atoms with E-state index >= 15 is 0 Å². The van der Waals surface area contributed by atoms with Crippen molar-refractivity contribution in [3.63, 3.8) is 0 Å². The molecular formula is C18H17NO2S. The zero-order chi connectivity index (χ0) is 15.9. The van der Waals surface area contributed by atoms with Crippen LogP contribution in [0.4, 0.5) is 0 Å². The Morgan fingerprint density at radius 3 is 2.41 bits per heavy atom. The maximum absolute atomic E-state index is 11.6. The molecule has 0 radical (unpaired) electrons. The van der Waals surface area contributed by atoms with Crippen molar-refractivity contribution in [1.29, 1.82) is 0 Å². The summed E-state index contributed by atoms with van der Waals surface area (Å²) in [6.07, 6.45) is 0. The summed E-state index contributed by atoms with van der Waals surface area (Å²) in [7, 11) is 0. The molecule has 0 amide bonds. The highest BCUT2D eigenvalue weighted by molar-refractivity contribution is 7.14. The number of aromatic nitrogens is 1. The molecule has 0 aliphatic carbocycles. The fraction of sp³-hybridized carbons (Fsp3) is 0.222.